The van der Waals surface area contributed by atoms with Crippen LogP contribution >= 0.6 is 0 Å². The average molecular weight is 144 g/mol. The Hall–Kier alpha value is -1.30. The molecule has 0 aromatic heterocycles. The lowest BCUT2D eigenvalue weighted by Crippen LogP contribution is -1.55. The summed E-state index contributed by atoms with van der Waals surface area (Å²) in [4.78, 5) is 0. The van der Waals surface area contributed by atoms with Crippen molar-refractivity contribution in [3.63, 3.8) is 0 Å². The number of hydrogen-bond donors (Lipinski definition) is 0. The van der Waals surface area contributed by atoms with Crippen LogP contribution in [0.15, 0.2) is 60.8 Å². The molecule has 1 rings (SSSR count). The summed E-state index contributed by atoms with van der Waals surface area (Å²) in [6, 6.07) is 0. The molecule has 0 atom stereocenters. The third-order valence-corrected chi connectivity index (χ3v) is 1.32. The van der Waals surface area contributed by atoms with Gasteiger partial charge in [0.25, 0.3) is 0 Å². The lowest BCUT2D eigenvalue weighted by Gasteiger charge is -1.76. The van der Waals surface area contributed by atoms with Gasteiger partial charge in [0.2, 0.25) is 0 Å². The van der Waals surface area contributed by atoms with E-state index in [1.54, 1.807) is 0 Å². The number of hydrogen-bond acceptors (Lipinski definition) is 0. The summed E-state index contributed by atoms with van der Waals surface area (Å²) in [7, 11) is 0. The molecular formula is C11H12. The summed E-state index contributed by atoms with van der Waals surface area (Å²) in [5.74, 6) is 0. The molecule has 0 aromatic rings. The lowest BCUT2D eigenvalue weighted by molar-refractivity contribution is 1.39. The highest BCUT2D eigenvalue weighted by molar-refractivity contribution is 5.19. The maximum Gasteiger partial charge on any atom is -0.0163 e. The fraction of sp³-hybridized carbons (Fsp3) is 0.0909. The molecule has 0 bridgehead atoms. The highest BCUT2D eigenvalue weighted by Crippen LogP contribution is 1.90. The fourth-order valence-corrected chi connectivity index (χ4v) is 0.778. The van der Waals surface area contributed by atoms with E-state index >= 15 is 0 Å². The van der Waals surface area contributed by atoms with Crippen LogP contribution in [0.4, 0.5) is 0 Å². The summed E-state index contributed by atoms with van der Waals surface area (Å²) in [5.41, 5.74) is 0. The van der Waals surface area contributed by atoms with Crippen molar-refractivity contribution in [3.05, 3.63) is 60.8 Å². The van der Waals surface area contributed by atoms with Crippen molar-refractivity contribution in [1.82, 2.24) is 0 Å². The maximum absolute atomic E-state index is 2.12. The Balaban J connectivity index is 2.61. The van der Waals surface area contributed by atoms with Crippen LogP contribution in [0.2, 0.25) is 0 Å². The lowest BCUT2D eigenvalue weighted by atomic mass is 10.3. The Morgan fingerprint density at radius 2 is 0.818 bits per heavy atom. The minimum absolute atomic E-state index is 1.01. The molecular weight excluding hydrogens is 132 g/mol. The molecule has 0 radical (unpaired) electrons. The van der Waals surface area contributed by atoms with Gasteiger partial charge in [-0.25, -0.2) is 0 Å². The van der Waals surface area contributed by atoms with Crippen molar-refractivity contribution in [2.45, 2.75) is 6.42 Å². The Labute approximate surface area is 67.9 Å². The molecule has 0 saturated heterocycles. The Bertz CT molecular complexity index is 200. The number of rotatable bonds is 0. The van der Waals surface area contributed by atoms with E-state index in [0.717, 1.165) is 6.42 Å². The van der Waals surface area contributed by atoms with Gasteiger partial charge in [-0.15, -0.1) is 0 Å². The van der Waals surface area contributed by atoms with Crippen LogP contribution in [0.3, 0.4) is 0 Å². The molecule has 0 amide bonds. The number of allylic oxidation sites excluding steroid dienone is 10. The maximum atomic E-state index is 2.12. The van der Waals surface area contributed by atoms with Gasteiger partial charge < -0.3 is 0 Å². The molecule has 0 aromatic carbocycles. The zero-order valence-electron chi connectivity index (χ0n) is 6.48. The minimum atomic E-state index is 1.01. The molecule has 0 aliphatic heterocycles. The fourth-order valence-electron chi connectivity index (χ4n) is 0.778. The standard InChI is InChI=1S/C11H12/c1-2-4-6-8-10-11-9-7-5-3-1/h1-10H,11H2/b2-1?,5-3+,6-4?,9-7-,10-8+. The highest BCUT2D eigenvalue weighted by Gasteiger charge is 1.69. The second kappa shape index (κ2) is 5.48. The normalized spacial score (nSPS) is 25.5. The van der Waals surface area contributed by atoms with Crippen molar-refractivity contribution in [3.8, 4) is 0 Å². The van der Waals surface area contributed by atoms with Crippen molar-refractivity contribution in [2.24, 2.45) is 0 Å². The van der Waals surface area contributed by atoms with Crippen molar-refractivity contribution in [2.75, 3.05) is 0 Å². The molecule has 0 unspecified atom stereocenters. The summed E-state index contributed by atoms with van der Waals surface area (Å²) in [6.45, 7) is 0. The second-order valence-corrected chi connectivity index (χ2v) is 2.25. The van der Waals surface area contributed by atoms with E-state index in [0.29, 0.717) is 0 Å². The first-order chi connectivity index (χ1) is 5.50. The van der Waals surface area contributed by atoms with Crippen LogP contribution in [-0.4, -0.2) is 0 Å². The molecule has 0 saturated carbocycles. The Morgan fingerprint density at radius 3 is 1.27 bits per heavy atom. The van der Waals surface area contributed by atoms with Crippen LogP contribution in [0.25, 0.3) is 0 Å². The molecule has 0 nitrogen and oxygen atoms in total. The van der Waals surface area contributed by atoms with Crippen molar-refractivity contribution < 1.29 is 0 Å². The largest absolute Gasteiger partial charge is 0.0807 e. The van der Waals surface area contributed by atoms with E-state index in [1.807, 2.05) is 36.5 Å². The molecule has 0 spiro atoms. The second-order valence-electron chi connectivity index (χ2n) is 2.25. The van der Waals surface area contributed by atoms with E-state index < -0.39 is 0 Å². The molecule has 0 heterocycles. The van der Waals surface area contributed by atoms with Crippen LogP contribution in [0.1, 0.15) is 6.42 Å². The predicted octanol–water partition coefficient (Wildman–Crippen LogP) is 3.17. The summed E-state index contributed by atoms with van der Waals surface area (Å²) >= 11 is 0. The van der Waals surface area contributed by atoms with Crippen LogP contribution in [0.5, 0.6) is 0 Å². The van der Waals surface area contributed by atoms with Gasteiger partial charge in [0.05, 0.1) is 0 Å². The van der Waals surface area contributed by atoms with Gasteiger partial charge in [-0.1, -0.05) is 60.8 Å². The van der Waals surface area contributed by atoms with Crippen molar-refractivity contribution >= 4 is 0 Å². The molecule has 56 valence electrons. The summed E-state index contributed by atoms with van der Waals surface area (Å²) in [5, 5.41) is 0. The average Bonchev–Trinajstić information content (AvgIpc) is 2.08. The van der Waals surface area contributed by atoms with E-state index in [-0.39, 0.29) is 0 Å². The first-order valence-corrected chi connectivity index (χ1v) is 3.82. The molecule has 0 fully saturated rings. The van der Waals surface area contributed by atoms with Gasteiger partial charge in [-0.3, -0.25) is 0 Å². The minimum Gasteiger partial charge on any atom is -0.0807 e. The third-order valence-electron chi connectivity index (χ3n) is 1.32. The van der Waals surface area contributed by atoms with Gasteiger partial charge in [-0.05, 0) is 6.42 Å². The SMILES string of the molecule is C1=C/C=C/C=C\C/C=C/C=C1. The molecule has 1 aliphatic carbocycles. The van der Waals surface area contributed by atoms with Gasteiger partial charge in [0, 0.05) is 0 Å². The first-order valence-electron chi connectivity index (χ1n) is 3.82. The predicted molar refractivity (Wildman–Crippen MR) is 50.3 cm³/mol. The van der Waals surface area contributed by atoms with Gasteiger partial charge in [0.15, 0.2) is 0 Å². The third kappa shape index (κ3) is 4.15. The van der Waals surface area contributed by atoms with Crippen molar-refractivity contribution in [1.29, 1.82) is 0 Å². The smallest absolute Gasteiger partial charge is 0.0163 e. The Morgan fingerprint density at radius 1 is 0.455 bits per heavy atom. The van der Waals surface area contributed by atoms with E-state index in [1.165, 1.54) is 0 Å². The monoisotopic (exact) mass is 144 g/mol. The van der Waals surface area contributed by atoms with Gasteiger partial charge in [0.1, 0.15) is 0 Å². The zero-order valence-corrected chi connectivity index (χ0v) is 6.48. The van der Waals surface area contributed by atoms with E-state index in [2.05, 4.69) is 24.3 Å². The summed E-state index contributed by atoms with van der Waals surface area (Å²) < 4.78 is 0. The highest BCUT2D eigenvalue weighted by atomic mass is 13.8. The topological polar surface area (TPSA) is 0 Å². The van der Waals surface area contributed by atoms with Crippen LogP contribution in [0, 0.1) is 0 Å². The van der Waals surface area contributed by atoms with Gasteiger partial charge >= 0.3 is 0 Å². The van der Waals surface area contributed by atoms with Crippen LogP contribution < -0.4 is 0 Å². The molecule has 1 aliphatic rings. The Kier molecular flexibility index (Phi) is 3.89. The molecule has 11 heavy (non-hydrogen) atoms. The quantitative estimate of drug-likeness (QED) is 0.490. The van der Waals surface area contributed by atoms with Crippen LogP contribution in [-0.2, 0) is 0 Å². The zero-order chi connectivity index (χ0) is 7.78. The molecule has 0 N–H and O–H groups in total. The summed E-state index contributed by atoms with van der Waals surface area (Å²) in [6.07, 6.45) is 21.5. The first kappa shape index (κ1) is 7.80. The van der Waals surface area contributed by atoms with E-state index in [4.69, 9.17) is 0 Å². The van der Waals surface area contributed by atoms with Gasteiger partial charge in [-0.2, -0.15) is 0 Å². The van der Waals surface area contributed by atoms with E-state index in [9.17, 15) is 0 Å². The molecule has 0 heteroatoms.